The van der Waals surface area contributed by atoms with Crippen LogP contribution in [0.5, 0.6) is 6.01 Å². The summed E-state index contributed by atoms with van der Waals surface area (Å²) in [6.45, 7) is 0.287. The second kappa shape index (κ2) is 7.50. The van der Waals surface area contributed by atoms with E-state index in [-0.39, 0.29) is 35.7 Å². The highest BCUT2D eigenvalue weighted by atomic mass is 19.1. The van der Waals surface area contributed by atoms with E-state index in [1.54, 1.807) is 24.3 Å². The van der Waals surface area contributed by atoms with Crippen LogP contribution < -0.4 is 10.1 Å². The number of carbonyl (C=O) groups is 1. The fourth-order valence-electron chi connectivity index (χ4n) is 2.85. The largest absolute Gasteiger partial charge is 0.478 e. The molecule has 0 radical (unpaired) electrons. The Labute approximate surface area is 163 Å². The van der Waals surface area contributed by atoms with Crippen LogP contribution in [-0.2, 0) is 6.54 Å². The Morgan fingerprint density at radius 1 is 1.21 bits per heavy atom. The van der Waals surface area contributed by atoms with Crippen molar-refractivity contribution in [1.82, 2.24) is 25.1 Å². The van der Waals surface area contributed by atoms with E-state index in [0.717, 1.165) is 0 Å². The molecule has 4 aromatic rings. The molecule has 0 spiro atoms. The van der Waals surface area contributed by atoms with Gasteiger partial charge in [-0.1, -0.05) is 24.3 Å². The lowest BCUT2D eigenvalue weighted by atomic mass is 10.1. The maximum absolute atomic E-state index is 13.4. The lowest BCUT2D eigenvalue weighted by Crippen LogP contribution is -2.07. The predicted molar refractivity (Wildman–Crippen MR) is 102 cm³/mol. The van der Waals surface area contributed by atoms with Crippen molar-refractivity contribution < 1.29 is 19.0 Å². The zero-order valence-electron chi connectivity index (χ0n) is 15.2. The number of anilines is 1. The van der Waals surface area contributed by atoms with Crippen LogP contribution in [0.15, 0.2) is 42.5 Å². The lowest BCUT2D eigenvalue weighted by Gasteiger charge is -2.08. The summed E-state index contributed by atoms with van der Waals surface area (Å²) >= 11 is 0. The number of carboxylic acid groups (broad SMARTS) is 1. The molecule has 0 unspecified atom stereocenters. The van der Waals surface area contributed by atoms with Gasteiger partial charge in [0.25, 0.3) is 0 Å². The fraction of sp³-hybridized carbons (Fsp3) is 0.105. The number of aromatic amines is 1. The zero-order valence-corrected chi connectivity index (χ0v) is 15.2. The number of nitrogens with one attached hydrogen (secondary N) is 2. The maximum atomic E-state index is 13.4. The first-order valence-corrected chi connectivity index (χ1v) is 8.54. The minimum atomic E-state index is -1.07. The number of carboxylic acids is 1. The first-order chi connectivity index (χ1) is 14.0. The van der Waals surface area contributed by atoms with Crippen LogP contribution in [0.1, 0.15) is 15.9 Å². The molecular formula is C19H15FN6O3. The number of methoxy groups -OCH3 is 1. The number of aromatic carboxylic acids is 1. The van der Waals surface area contributed by atoms with Crippen molar-refractivity contribution in [3.05, 3.63) is 59.4 Å². The smallest absolute Gasteiger partial charge is 0.337 e. The van der Waals surface area contributed by atoms with Gasteiger partial charge in [0, 0.05) is 11.9 Å². The number of nitrogens with zero attached hydrogens (tertiary/aromatic N) is 4. The summed E-state index contributed by atoms with van der Waals surface area (Å²) in [6.07, 6.45) is 0. The van der Waals surface area contributed by atoms with Crippen LogP contribution in [0.4, 0.5) is 10.3 Å². The third kappa shape index (κ3) is 3.68. The van der Waals surface area contributed by atoms with Gasteiger partial charge in [-0.2, -0.15) is 20.1 Å². The molecule has 0 aliphatic rings. The molecule has 4 rings (SSSR count). The molecule has 146 valence electrons. The molecule has 0 bridgehead atoms. The van der Waals surface area contributed by atoms with Crippen molar-refractivity contribution >= 4 is 22.8 Å². The average molecular weight is 394 g/mol. The Bertz CT molecular complexity index is 1210. The quantitative estimate of drug-likeness (QED) is 0.456. The average Bonchev–Trinajstić information content (AvgIpc) is 3.16. The molecule has 0 saturated carbocycles. The van der Waals surface area contributed by atoms with Crippen molar-refractivity contribution in [2.45, 2.75) is 6.54 Å². The van der Waals surface area contributed by atoms with Gasteiger partial charge in [-0.25, -0.2) is 9.18 Å². The Morgan fingerprint density at radius 2 is 2.03 bits per heavy atom. The molecule has 2 heterocycles. The molecule has 9 nitrogen and oxygen atoms in total. The molecule has 2 aromatic carbocycles. The minimum absolute atomic E-state index is 0.0577. The van der Waals surface area contributed by atoms with E-state index in [4.69, 9.17) is 4.74 Å². The first-order valence-electron chi connectivity index (χ1n) is 8.54. The number of fused-ring (bicyclic) bond motifs is 1. The van der Waals surface area contributed by atoms with Gasteiger partial charge in [0.05, 0.1) is 18.2 Å². The van der Waals surface area contributed by atoms with E-state index in [0.29, 0.717) is 22.2 Å². The van der Waals surface area contributed by atoms with Crippen LogP contribution in [0.3, 0.4) is 0 Å². The number of H-pyrrole nitrogens is 1. The van der Waals surface area contributed by atoms with Crippen molar-refractivity contribution in [2.24, 2.45) is 0 Å². The number of halogens is 1. The SMILES string of the molecule is COc1nc(NCc2cccc(F)c2)nc(-c2n[nH]c3c(C(=O)O)cccc23)n1. The van der Waals surface area contributed by atoms with Crippen molar-refractivity contribution in [3.8, 4) is 17.5 Å². The molecule has 0 atom stereocenters. The van der Waals surface area contributed by atoms with Gasteiger partial charge in [-0.15, -0.1) is 0 Å². The van der Waals surface area contributed by atoms with Gasteiger partial charge < -0.3 is 15.2 Å². The number of aromatic nitrogens is 5. The van der Waals surface area contributed by atoms with Crippen LogP contribution in [0, 0.1) is 5.82 Å². The summed E-state index contributed by atoms with van der Waals surface area (Å²) in [5.41, 5.74) is 1.52. The molecular weight excluding hydrogens is 379 g/mol. The first kappa shape index (κ1) is 18.3. The second-order valence-corrected chi connectivity index (χ2v) is 6.06. The van der Waals surface area contributed by atoms with Gasteiger partial charge in [0.2, 0.25) is 5.95 Å². The van der Waals surface area contributed by atoms with E-state index in [1.165, 1.54) is 25.3 Å². The van der Waals surface area contributed by atoms with Crippen LogP contribution in [-0.4, -0.2) is 43.3 Å². The summed E-state index contributed by atoms with van der Waals surface area (Å²) in [4.78, 5) is 24.1. The molecule has 2 aromatic heterocycles. The third-order valence-corrected chi connectivity index (χ3v) is 4.18. The molecule has 0 saturated heterocycles. The van der Waals surface area contributed by atoms with Gasteiger partial charge in [-0.05, 0) is 23.8 Å². The third-order valence-electron chi connectivity index (χ3n) is 4.18. The molecule has 10 heteroatoms. The van der Waals surface area contributed by atoms with Gasteiger partial charge >= 0.3 is 12.0 Å². The van der Waals surface area contributed by atoms with E-state index < -0.39 is 5.97 Å². The normalized spacial score (nSPS) is 10.8. The van der Waals surface area contributed by atoms with E-state index in [9.17, 15) is 14.3 Å². The molecule has 0 fully saturated rings. The second-order valence-electron chi connectivity index (χ2n) is 6.06. The number of hydrogen-bond donors (Lipinski definition) is 3. The summed E-state index contributed by atoms with van der Waals surface area (Å²) in [5.74, 6) is -0.999. The van der Waals surface area contributed by atoms with Crippen LogP contribution in [0.2, 0.25) is 0 Å². The van der Waals surface area contributed by atoms with Gasteiger partial charge in [0.15, 0.2) is 5.82 Å². The zero-order chi connectivity index (χ0) is 20.4. The van der Waals surface area contributed by atoms with E-state index >= 15 is 0 Å². The van der Waals surface area contributed by atoms with E-state index in [2.05, 4.69) is 30.5 Å². The topological polar surface area (TPSA) is 126 Å². The number of hydrogen-bond acceptors (Lipinski definition) is 7. The lowest BCUT2D eigenvalue weighted by molar-refractivity contribution is 0.0699. The molecule has 3 N–H and O–H groups in total. The highest BCUT2D eigenvalue weighted by Crippen LogP contribution is 2.27. The Hall–Kier alpha value is -4.08. The Morgan fingerprint density at radius 3 is 2.79 bits per heavy atom. The number of ether oxygens (including phenoxy) is 1. The van der Waals surface area contributed by atoms with Crippen molar-refractivity contribution in [1.29, 1.82) is 0 Å². The molecule has 0 aliphatic heterocycles. The van der Waals surface area contributed by atoms with Gasteiger partial charge in [0.1, 0.15) is 11.5 Å². The fourth-order valence-corrected chi connectivity index (χ4v) is 2.85. The monoisotopic (exact) mass is 394 g/mol. The highest BCUT2D eigenvalue weighted by Gasteiger charge is 2.18. The summed E-state index contributed by atoms with van der Waals surface area (Å²) in [6, 6.07) is 11.0. The Balaban J connectivity index is 1.71. The highest BCUT2D eigenvalue weighted by molar-refractivity contribution is 6.05. The van der Waals surface area contributed by atoms with Crippen molar-refractivity contribution in [3.63, 3.8) is 0 Å². The molecule has 0 aliphatic carbocycles. The van der Waals surface area contributed by atoms with Gasteiger partial charge in [-0.3, -0.25) is 5.10 Å². The Kier molecular flexibility index (Phi) is 4.73. The summed E-state index contributed by atoms with van der Waals surface area (Å²) in [5, 5.41) is 19.8. The standard InChI is InChI=1S/C19H15FN6O3/c1-29-19-23-16(15-12-6-3-7-13(17(27)28)14(12)25-26-15)22-18(24-19)21-9-10-4-2-5-11(20)8-10/h2-8H,9H2,1H3,(H,25,26)(H,27,28)(H,21,22,23,24). The minimum Gasteiger partial charge on any atom is -0.478 e. The van der Waals surface area contributed by atoms with Crippen molar-refractivity contribution in [2.75, 3.05) is 12.4 Å². The van der Waals surface area contributed by atoms with Crippen LogP contribution >= 0.6 is 0 Å². The number of rotatable bonds is 6. The summed E-state index contributed by atoms with van der Waals surface area (Å²) < 4.78 is 18.5. The molecule has 29 heavy (non-hydrogen) atoms. The number of para-hydroxylation sites is 1. The molecule has 0 amide bonds. The summed E-state index contributed by atoms with van der Waals surface area (Å²) in [7, 11) is 1.42. The number of benzene rings is 2. The van der Waals surface area contributed by atoms with Crippen LogP contribution in [0.25, 0.3) is 22.4 Å². The van der Waals surface area contributed by atoms with E-state index in [1.807, 2.05) is 0 Å². The maximum Gasteiger partial charge on any atom is 0.337 e. The predicted octanol–water partition coefficient (Wildman–Crippen LogP) is 2.87.